The molecule has 2 unspecified atom stereocenters. The van der Waals surface area contributed by atoms with Gasteiger partial charge in [0.15, 0.2) is 0 Å². The van der Waals surface area contributed by atoms with Gasteiger partial charge in [-0.2, -0.15) is 0 Å². The minimum absolute atomic E-state index is 0.576. The summed E-state index contributed by atoms with van der Waals surface area (Å²) >= 11 is 0. The first kappa shape index (κ1) is 19.0. The Balaban J connectivity index is 1.82. The highest BCUT2D eigenvalue weighted by Gasteiger charge is 2.34. The van der Waals surface area contributed by atoms with E-state index in [-0.39, 0.29) is 0 Å². The lowest BCUT2D eigenvalue weighted by atomic mass is 9.70. The minimum Gasteiger partial charge on any atom is -0.489 e. The molecule has 3 rings (SSSR count). The normalized spacial score (nSPS) is 22.0. The topological polar surface area (TPSA) is 21.3 Å². The fraction of sp³-hybridized carbons (Fsp3) is 0.500. The molecule has 1 aliphatic carbocycles. The maximum atomic E-state index is 6.11. The van der Waals surface area contributed by atoms with E-state index in [0.29, 0.717) is 18.6 Å². The summed E-state index contributed by atoms with van der Waals surface area (Å²) in [6.45, 7) is 5.23. The largest absolute Gasteiger partial charge is 0.489 e. The number of likely N-dealkylation sites (N-methyl/N-ethyl adjacent to an activating group) is 1. The van der Waals surface area contributed by atoms with Crippen molar-refractivity contribution in [2.75, 3.05) is 7.05 Å². The highest BCUT2D eigenvalue weighted by molar-refractivity contribution is 5.41. The zero-order chi connectivity index (χ0) is 18.4. The number of hydrogen-bond donors (Lipinski definition) is 1. The Morgan fingerprint density at radius 3 is 2.46 bits per heavy atom. The van der Waals surface area contributed by atoms with Gasteiger partial charge in [0.2, 0.25) is 0 Å². The van der Waals surface area contributed by atoms with Crippen LogP contribution >= 0.6 is 0 Å². The molecule has 0 saturated carbocycles. The first-order chi connectivity index (χ1) is 12.8. The van der Waals surface area contributed by atoms with Crippen LogP contribution in [0.1, 0.15) is 62.1 Å². The van der Waals surface area contributed by atoms with Crippen LogP contribution in [0, 0.1) is 5.92 Å². The molecule has 0 radical (unpaired) electrons. The highest BCUT2D eigenvalue weighted by atomic mass is 16.5. The van der Waals surface area contributed by atoms with E-state index in [1.807, 2.05) is 6.07 Å². The molecule has 3 atom stereocenters. The minimum atomic E-state index is 0.576. The molecule has 0 heterocycles. The summed E-state index contributed by atoms with van der Waals surface area (Å²) in [7, 11) is 2.14. The Hall–Kier alpha value is -1.80. The van der Waals surface area contributed by atoms with E-state index in [4.69, 9.17) is 4.74 Å². The molecule has 1 N–H and O–H groups in total. The number of hydrogen-bond acceptors (Lipinski definition) is 2. The van der Waals surface area contributed by atoms with Gasteiger partial charge in [-0.15, -0.1) is 0 Å². The lowest BCUT2D eigenvalue weighted by Crippen LogP contribution is -2.43. The molecule has 0 aromatic heterocycles. The number of ether oxygens (including phenoxy) is 1. The summed E-state index contributed by atoms with van der Waals surface area (Å²) < 4.78 is 6.11. The maximum absolute atomic E-state index is 6.11. The van der Waals surface area contributed by atoms with Crippen molar-refractivity contribution in [3.63, 3.8) is 0 Å². The summed E-state index contributed by atoms with van der Waals surface area (Å²) in [5, 5.41) is 3.65. The predicted octanol–water partition coefficient (Wildman–Crippen LogP) is 5.71. The van der Waals surface area contributed by atoms with Crippen molar-refractivity contribution in [1.29, 1.82) is 0 Å². The van der Waals surface area contributed by atoms with Crippen LogP contribution in [0.15, 0.2) is 48.5 Å². The van der Waals surface area contributed by atoms with E-state index < -0.39 is 0 Å². The predicted molar refractivity (Wildman–Crippen MR) is 110 cm³/mol. The van der Waals surface area contributed by atoms with E-state index in [1.165, 1.54) is 48.8 Å². The number of benzene rings is 2. The van der Waals surface area contributed by atoms with E-state index in [1.54, 1.807) is 0 Å². The molecular weight excluding hydrogens is 318 g/mol. The Bertz CT molecular complexity index is 682. The Morgan fingerprint density at radius 1 is 1.00 bits per heavy atom. The molecule has 140 valence electrons. The zero-order valence-corrected chi connectivity index (χ0v) is 16.5. The van der Waals surface area contributed by atoms with E-state index in [2.05, 4.69) is 68.7 Å². The second-order valence-electron chi connectivity index (χ2n) is 7.60. The van der Waals surface area contributed by atoms with Crippen LogP contribution < -0.4 is 10.1 Å². The molecule has 0 fully saturated rings. The molecule has 2 heteroatoms. The fourth-order valence-corrected chi connectivity index (χ4v) is 4.60. The summed E-state index contributed by atoms with van der Waals surface area (Å²) in [5.74, 6) is 2.33. The van der Waals surface area contributed by atoms with Crippen molar-refractivity contribution >= 4 is 0 Å². The van der Waals surface area contributed by atoms with Gasteiger partial charge in [-0.05, 0) is 67.0 Å². The smallest absolute Gasteiger partial charge is 0.120 e. The first-order valence-electron chi connectivity index (χ1n) is 10.2. The Morgan fingerprint density at radius 2 is 1.77 bits per heavy atom. The standard InChI is InChI=1S/C24H33NO/c1-4-9-20-15-19-13-14-21(26-17-18-11-7-6-8-12-18)16-23(19)22(10-5-2)24(20)25-3/h6-8,11-14,16,20,22,24-25H,4-5,9-10,15,17H2,1-3H3/t20-,22?,24?/m0/s1. The lowest BCUT2D eigenvalue weighted by molar-refractivity contribution is 0.268. The van der Waals surface area contributed by atoms with E-state index in [9.17, 15) is 0 Å². The second-order valence-corrected chi connectivity index (χ2v) is 7.60. The van der Waals surface area contributed by atoms with Crippen molar-refractivity contribution in [1.82, 2.24) is 5.32 Å². The first-order valence-corrected chi connectivity index (χ1v) is 10.2. The van der Waals surface area contributed by atoms with Crippen LogP contribution in [0.4, 0.5) is 0 Å². The Kier molecular flexibility index (Phi) is 6.73. The van der Waals surface area contributed by atoms with Crippen molar-refractivity contribution < 1.29 is 4.74 Å². The molecule has 2 aromatic rings. The van der Waals surface area contributed by atoms with Gasteiger partial charge in [0.25, 0.3) is 0 Å². The van der Waals surface area contributed by atoms with Gasteiger partial charge in [0.05, 0.1) is 0 Å². The van der Waals surface area contributed by atoms with Gasteiger partial charge < -0.3 is 10.1 Å². The quantitative estimate of drug-likeness (QED) is 0.658. The van der Waals surface area contributed by atoms with Gasteiger partial charge >= 0.3 is 0 Å². The summed E-state index contributed by atoms with van der Waals surface area (Å²) in [6.07, 6.45) is 6.21. The average molecular weight is 352 g/mol. The van der Waals surface area contributed by atoms with Crippen LogP contribution in [-0.2, 0) is 13.0 Å². The van der Waals surface area contributed by atoms with E-state index >= 15 is 0 Å². The SMILES string of the molecule is CCCC1c2cc(OCc3ccccc3)ccc2C[C@H](CCC)C1NC. The van der Waals surface area contributed by atoms with Crippen LogP contribution in [0.2, 0.25) is 0 Å². The summed E-state index contributed by atoms with van der Waals surface area (Å²) in [6, 6.07) is 17.8. The average Bonchev–Trinajstić information content (AvgIpc) is 2.68. The molecule has 0 amide bonds. The molecule has 26 heavy (non-hydrogen) atoms. The Labute approximate surface area is 159 Å². The van der Waals surface area contributed by atoms with Gasteiger partial charge in [-0.1, -0.05) is 63.1 Å². The van der Waals surface area contributed by atoms with Crippen molar-refractivity contribution in [2.24, 2.45) is 5.92 Å². The van der Waals surface area contributed by atoms with E-state index in [0.717, 1.165) is 11.7 Å². The molecule has 0 bridgehead atoms. The third kappa shape index (κ3) is 4.29. The molecule has 2 aromatic carbocycles. The van der Waals surface area contributed by atoms with Gasteiger partial charge in [0.1, 0.15) is 12.4 Å². The van der Waals surface area contributed by atoms with Gasteiger partial charge in [-0.25, -0.2) is 0 Å². The monoisotopic (exact) mass is 351 g/mol. The van der Waals surface area contributed by atoms with Crippen molar-refractivity contribution in [2.45, 2.75) is 64.5 Å². The fourth-order valence-electron chi connectivity index (χ4n) is 4.60. The third-order valence-corrected chi connectivity index (χ3v) is 5.78. The molecule has 0 saturated heterocycles. The van der Waals surface area contributed by atoms with Crippen LogP contribution in [0.25, 0.3) is 0 Å². The van der Waals surface area contributed by atoms with Crippen molar-refractivity contribution in [3.05, 3.63) is 65.2 Å². The summed E-state index contributed by atoms with van der Waals surface area (Å²) in [5.41, 5.74) is 4.25. The van der Waals surface area contributed by atoms with Crippen LogP contribution in [0.5, 0.6) is 5.75 Å². The molecule has 0 spiro atoms. The molecule has 0 aliphatic heterocycles. The lowest BCUT2D eigenvalue weighted by Gasteiger charge is -2.40. The third-order valence-electron chi connectivity index (χ3n) is 5.78. The number of fused-ring (bicyclic) bond motifs is 1. The highest BCUT2D eigenvalue weighted by Crippen LogP contribution is 2.41. The molecule has 1 aliphatic rings. The zero-order valence-electron chi connectivity index (χ0n) is 16.5. The maximum Gasteiger partial charge on any atom is 0.120 e. The molecular formula is C24H33NO. The van der Waals surface area contributed by atoms with Crippen LogP contribution in [0.3, 0.4) is 0 Å². The van der Waals surface area contributed by atoms with Crippen LogP contribution in [-0.4, -0.2) is 13.1 Å². The van der Waals surface area contributed by atoms with Gasteiger partial charge in [-0.3, -0.25) is 0 Å². The van der Waals surface area contributed by atoms with Gasteiger partial charge in [0, 0.05) is 6.04 Å². The summed E-state index contributed by atoms with van der Waals surface area (Å²) in [4.78, 5) is 0. The van der Waals surface area contributed by atoms with Crippen molar-refractivity contribution in [3.8, 4) is 5.75 Å². The number of rotatable bonds is 8. The number of nitrogens with one attached hydrogen (secondary N) is 1. The molecule has 2 nitrogen and oxygen atoms in total. The second kappa shape index (κ2) is 9.23.